The van der Waals surface area contributed by atoms with Crippen LogP contribution in [0.15, 0.2) is 48.0 Å². The molecule has 2 aliphatic rings. The van der Waals surface area contributed by atoms with Crippen LogP contribution in [0.4, 0.5) is 15.3 Å². The molecule has 41 heavy (non-hydrogen) atoms. The quantitative estimate of drug-likeness (QED) is 0.154. The second kappa shape index (κ2) is 13.2. The first-order valence-electron chi connectivity index (χ1n) is 14.7. The third kappa shape index (κ3) is 6.62. The highest BCUT2D eigenvalue weighted by molar-refractivity contribution is 7.97. The molecule has 2 fully saturated rings. The van der Waals surface area contributed by atoms with Gasteiger partial charge in [0.2, 0.25) is 0 Å². The normalized spacial score (nSPS) is 17.4. The number of rotatable bonds is 10. The van der Waals surface area contributed by atoms with Gasteiger partial charge in [-0.3, -0.25) is 13.6 Å². The fourth-order valence-electron chi connectivity index (χ4n) is 5.82. The highest BCUT2D eigenvalue weighted by Gasteiger charge is 2.24. The second-order valence-electron chi connectivity index (χ2n) is 10.9. The van der Waals surface area contributed by atoms with E-state index in [1.165, 1.54) is 49.3 Å². The summed E-state index contributed by atoms with van der Waals surface area (Å²) in [4.78, 5) is 14.5. The van der Waals surface area contributed by atoms with Crippen molar-refractivity contribution in [3.63, 3.8) is 0 Å². The molecule has 218 valence electrons. The van der Waals surface area contributed by atoms with E-state index in [1.807, 2.05) is 17.3 Å². The number of fused-ring (bicyclic) bond motifs is 1. The minimum Gasteiger partial charge on any atom is -0.379 e. The van der Waals surface area contributed by atoms with E-state index in [0.29, 0.717) is 5.92 Å². The molecule has 1 aromatic carbocycles. The molecule has 0 N–H and O–H groups in total. The maximum atomic E-state index is 13.4. The van der Waals surface area contributed by atoms with Gasteiger partial charge in [-0.2, -0.15) is 0 Å². The fraction of sp³-hybridized carbons (Fsp3) is 0.484. The number of imidazole rings is 1. The third-order valence-electron chi connectivity index (χ3n) is 8.18. The summed E-state index contributed by atoms with van der Waals surface area (Å²) in [7, 11) is 2.07. The SMILES string of the molecule is CCc1nc2ccc(C3CCN(SCCCN4CCOCC4)CC3)cn2c1N(C)c1nc(-c2ccc(F)cc2)cs1. The van der Waals surface area contributed by atoms with Gasteiger partial charge in [0, 0.05) is 56.1 Å². The van der Waals surface area contributed by atoms with Gasteiger partial charge in [-0.1, -0.05) is 24.9 Å². The molecular formula is C31H39FN6OS2. The lowest BCUT2D eigenvalue weighted by Crippen LogP contribution is -2.37. The lowest BCUT2D eigenvalue weighted by Gasteiger charge is -2.32. The first-order valence-corrected chi connectivity index (χ1v) is 16.6. The molecule has 0 spiro atoms. The number of thiazole rings is 1. The van der Waals surface area contributed by atoms with Crippen molar-refractivity contribution in [3.05, 3.63) is 65.0 Å². The molecule has 0 saturated carbocycles. The predicted octanol–water partition coefficient (Wildman–Crippen LogP) is 6.48. The Balaban J connectivity index is 1.11. The summed E-state index contributed by atoms with van der Waals surface area (Å²) in [5, 5.41) is 2.93. The van der Waals surface area contributed by atoms with Gasteiger partial charge in [0.15, 0.2) is 5.13 Å². The Labute approximate surface area is 250 Å². The van der Waals surface area contributed by atoms with Crippen LogP contribution in [0.1, 0.15) is 43.4 Å². The van der Waals surface area contributed by atoms with Gasteiger partial charge >= 0.3 is 0 Å². The first-order chi connectivity index (χ1) is 20.1. The van der Waals surface area contributed by atoms with E-state index in [-0.39, 0.29) is 5.82 Å². The third-order valence-corrected chi connectivity index (χ3v) is 10.3. The van der Waals surface area contributed by atoms with Gasteiger partial charge in [0.05, 0.1) is 24.6 Å². The number of nitrogens with zero attached hydrogens (tertiary/aromatic N) is 6. The van der Waals surface area contributed by atoms with Crippen molar-refractivity contribution in [2.75, 3.05) is 63.6 Å². The number of pyridine rings is 1. The van der Waals surface area contributed by atoms with Gasteiger partial charge in [0.25, 0.3) is 0 Å². The van der Waals surface area contributed by atoms with Crippen molar-refractivity contribution in [1.82, 2.24) is 23.6 Å². The van der Waals surface area contributed by atoms with E-state index in [0.717, 1.165) is 79.4 Å². The predicted molar refractivity (Wildman–Crippen MR) is 168 cm³/mol. The Morgan fingerprint density at radius 2 is 1.83 bits per heavy atom. The van der Waals surface area contributed by atoms with E-state index in [9.17, 15) is 4.39 Å². The molecule has 5 heterocycles. The van der Waals surface area contributed by atoms with E-state index in [1.54, 1.807) is 23.5 Å². The number of ether oxygens (including phenoxy) is 1. The highest BCUT2D eigenvalue weighted by atomic mass is 32.2. The lowest BCUT2D eigenvalue weighted by molar-refractivity contribution is 0.0381. The van der Waals surface area contributed by atoms with Crippen molar-refractivity contribution in [2.24, 2.45) is 0 Å². The highest BCUT2D eigenvalue weighted by Crippen LogP contribution is 2.36. The molecule has 0 bridgehead atoms. The number of halogens is 1. The Hall–Kier alpha value is -2.50. The van der Waals surface area contributed by atoms with Crippen LogP contribution in [0.3, 0.4) is 0 Å². The monoisotopic (exact) mass is 594 g/mol. The molecule has 0 radical (unpaired) electrons. The Morgan fingerprint density at radius 3 is 2.59 bits per heavy atom. The Morgan fingerprint density at radius 1 is 1.05 bits per heavy atom. The van der Waals surface area contributed by atoms with Crippen LogP contribution in [0, 0.1) is 5.82 Å². The van der Waals surface area contributed by atoms with Crippen molar-refractivity contribution in [1.29, 1.82) is 0 Å². The number of morpholine rings is 1. The van der Waals surface area contributed by atoms with Gasteiger partial charge in [-0.25, -0.2) is 14.4 Å². The number of benzene rings is 1. The van der Waals surface area contributed by atoms with Crippen molar-refractivity contribution < 1.29 is 9.13 Å². The number of piperidine rings is 1. The topological polar surface area (TPSA) is 49.1 Å². The van der Waals surface area contributed by atoms with Crippen molar-refractivity contribution in [2.45, 2.75) is 38.5 Å². The molecule has 0 atom stereocenters. The molecule has 0 aliphatic carbocycles. The van der Waals surface area contributed by atoms with Gasteiger partial charge in [0.1, 0.15) is 17.3 Å². The largest absolute Gasteiger partial charge is 0.379 e. The van der Waals surface area contributed by atoms with Crippen LogP contribution >= 0.6 is 23.3 Å². The second-order valence-corrected chi connectivity index (χ2v) is 12.9. The van der Waals surface area contributed by atoms with E-state index >= 15 is 0 Å². The van der Waals surface area contributed by atoms with Crippen molar-refractivity contribution >= 4 is 39.9 Å². The minimum atomic E-state index is -0.237. The lowest BCUT2D eigenvalue weighted by atomic mass is 9.91. The molecule has 10 heteroatoms. The zero-order valence-electron chi connectivity index (χ0n) is 24.0. The molecule has 6 rings (SSSR count). The zero-order valence-corrected chi connectivity index (χ0v) is 25.6. The standard InChI is InChI=1S/C31H39FN6OS2/c1-3-27-30(35(2)31-34-28(22-40-31)24-5-8-26(32)9-6-24)38-21-25(7-10-29(38)33-27)23-11-14-37(15-12-23)41-20-4-13-36-16-18-39-19-17-36/h5-10,21-23H,3-4,11-20H2,1-2H3. The summed E-state index contributed by atoms with van der Waals surface area (Å²) < 4.78 is 23.7. The van der Waals surface area contributed by atoms with E-state index in [4.69, 9.17) is 14.7 Å². The molecule has 3 aromatic heterocycles. The summed E-state index contributed by atoms with van der Waals surface area (Å²) in [6.45, 7) is 9.52. The van der Waals surface area contributed by atoms with Crippen LogP contribution < -0.4 is 4.90 Å². The molecule has 2 aliphatic heterocycles. The number of hydrogen-bond acceptors (Lipinski definition) is 8. The van der Waals surface area contributed by atoms with Crippen LogP contribution in [0.2, 0.25) is 0 Å². The maximum Gasteiger partial charge on any atom is 0.191 e. The maximum absolute atomic E-state index is 13.4. The number of hydrogen-bond donors (Lipinski definition) is 0. The number of aromatic nitrogens is 3. The average Bonchev–Trinajstić information content (AvgIpc) is 3.65. The van der Waals surface area contributed by atoms with E-state index < -0.39 is 0 Å². The van der Waals surface area contributed by atoms with Crippen LogP contribution in [0.5, 0.6) is 0 Å². The minimum absolute atomic E-state index is 0.237. The fourth-order valence-corrected chi connectivity index (χ4v) is 7.61. The van der Waals surface area contributed by atoms with Crippen LogP contribution in [-0.4, -0.2) is 82.3 Å². The van der Waals surface area contributed by atoms with Crippen molar-refractivity contribution in [3.8, 4) is 11.3 Å². The summed E-state index contributed by atoms with van der Waals surface area (Å²) in [5.41, 5.74) is 5.19. The Kier molecular flexibility index (Phi) is 9.22. The summed E-state index contributed by atoms with van der Waals surface area (Å²) in [6, 6.07) is 11.0. The average molecular weight is 595 g/mol. The van der Waals surface area contributed by atoms with Gasteiger partial charge in [-0.15, -0.1) is 11.3 Å². The Bertz CT molecular complexity index is 1430. The van der Waals surface area contributed by atoms with Crippen LogP contribution in [-0.2, 0) is 11.2 Å². The molecule has 0 amide bonds. The molecular weight excluding hydrogens is 556 g/mol. The summed E-state index contributed by atoms with van der Waals surface area (Å²) >= 11 is 3.62. The van der Waals surface area contributed by atoms with E-state index in [2.05, 4.69) is 50.8 Å². The first kappa shape index (κ1) is 28.6. The molecule has 7 nitrogen and oxygen atoms in total. The van der Waals surface area contributed by atoms with Crippen LogP contribution in [0.25, 0.3) is 16.9 Å². The summed E-state index contributed by atoms with van der Waals surface area (Å²) in [5.74, 6) is 2.58. The number of aryl methyl sites for hydroxylation is 1. The summed E-state index contributed by atoms with van der Waals surface area (Å²) in [6.07, 6.45) is 6.74. The molecule has 4 aromatic rings. The zero-order chi connectivity index (χ0) is 28.2. The molecule has 2 saturated heterocycles. The van der Waals surface area contributed by atoms with Gasteiger partial charge < -0.3 is 9.64 Å². The number of anilines is 2. The van der Waals surface area contributed by atoms with Gasteiger partial charge in [-0.05, 0) is 74.0 Å². The molecule has 0 unspecified atom stereocenters. The smallest absolute Gasteiger partial charge is 0.191 e.